The van der Waals surface area contributed by atoms with Crippen molar-refractivity contribution in [1.29, 1.82) is 5.26 Å². The quantitative estimate of drug-likeness (QED) is 0.724. The second-order valence-corrected chi connectivity index (χ2v) is 7.73. The molecule has 1 aromatic heterocycles. The van der Waals surface area contributed by atoms with Gasteiger partial charge < -0.3 is 24.4 Å². The summed E-state index contributed by atoms with van der Waals surface area (Å²) in [7, 11) is 4.44. The molecule has 2 atom stereocenters. The number of fused-ring (bicyclic) bond motifs is 1. The van der Waals surface area contributed by atoms with E-state index in [1.54, 1.807) is 12.1 Å². The topological polar surface area (TPSA) is 130 Å². The minimum absolute atomic E-state index is 0.171. The van der Waals surface area contributed by atoms with Gasteiger partial charge in [0.05, 0.1) is 33.0 Å². The van der Waals surface area contributed by atoms with Gasteiger partial charge in [0.25, 0.3) is 5.56 Å². The Morgan fingerprint density at radius 1 is 1.06 bits per heavy atom. The molecule has 1 aromatic carbocycles. The van der Waals surface area contributed by atoms with E-state index in [0.29, 0.717) is 28.8 Å². The molecule has 1 fully saturated rings. The van der Waals surface area contributed by atoms with Crippen LogP contribution in [0.2, 0.25) is 0 Å². The molecular formula is C22H25N5O5. The van der Waals surface area contributed by atoms with Gasteiger partial charge in [-0.05, 0) is 37.0 Å². The number of H-pyrrole nitrogens is 1. The molecule has 0 bridgehead atoms. The molecule has 0 unspecified atom stereocenters. The fourth-order valence-electron chi connectivity index (χ4n) is 4.40. The summed E-state index contributed by atoms with van der Waals surface area (Å²) in [4.78, 5) is 35.5. The van der Waals surface area contributed by atoms with E-state index in [1.165, 1.54) is 21.3 Å². The zero-order valence-corrected chi connectivity index (χ0v) is 18.2. The van der Waals surface area contributed by atoms with Gasteiger partial charge in [-0.15, -0.1) is 0 Å². The summed E-state index contributed by atoms with van der Waals surface area (Å²) in [6.45, 7) is 1.57. The summed E-state index contributed by atoms with van der Waals surface area (Å²) >= 11 is 0. The molecule has 4 rings (SSSR count). The Balaban J connectivity index is 1.89. The molecule has 0 radical (unpaired) electrons. The van der Waals surface area contributed by atoms with Crippen LogP contribution >= 0.6 is 0 Å². The number of carbonyl (C=O) groups is 1. The maximum Gasteiger partial charge on any atom is 0.258 e. The second-order valence-electron chi connectivity index (χ2n) is 7.73. The maximum absolute atomic E-state index is 13.2. The highest BCUT2D eigenvalue weighted by Crippen LogP contribution is 2.45. The molecule has 1 amide bonds. The highest BCUT2D eigenvalue weighted by Gasteiger charge is 2.41. The van der Waals surface area contributed by atoms with Crippen LogP contribution in [0.15, 0.2) is 16.9 Å². The molecule has 2 aliphatic rings. The lowest BCUT2D eigenvalue weighted by Crippen LogP contribution is -2.40. The number of benzene rings is 1. The van der Waals surface area contributed by atoms with E-state index in [0.717, 1.165) is 32.4 Å². The van der Waals surface area contributed by atoms with Gasteiger partial charge in [0.15, 0.2) is 11.5 Å². The Bertz CT molecular complexity index is 1110. The van der Waals surface area contributed by atoms with Gasteiger partial charge in [-0.25, -0.2) is 0 Å². The van der Waals surface area contributed by atoms with Crippen molar-refractivity contribution in [2.45, 2.75) is 25.2 Å². The monoisotopic (exact) mass is 439 g/mol. The van der Waals surface area contributed by atoms with Gasteiger partial charge >= 0.3 is 0 Å². The number of anilines is 2. The van der Waals surface area contributed by atoms with Crippen LogP contribution in [0.1, 0.15) is 36.3 Å². The maximum atomic E-state index is 13.2. The molecular weight excluding hydrogens is 414 g/mol. The molecule has 10 nitrogen and oxygen atoms in total. The SMILES string of the molecule is COc1cc([C@H]2c3c(nc(N4CCCCC4)[nH]c3=O)NC(=O)[C@@H]2C#N)cc(OC)c1OC. The van der Waals surface area contributed by atoms with Gasteiger partial charge in [-0.2, -0.15) is 10.2 Å². The number of nitrogens with zero attached hydrogens (tertiary/aromatic N) is 3. The summed E-state index contributed by atoms with van der Waals surface area (Å²) < 4.78 is 16.2. The number of aromatic amines is 1. The van der Waals surface area contributed by atoms with Gasteiger partial charge in [-0.1, -0.05) is 0 Å². The zero-order valence-electron chi connectivity index (χ0n) is 18.2. The minimum Gasteiger partial charge on any atom is -0.493 e. The normalized spacial score (nSPS) is 20.1. The first-order valence-electron chi connectivity index (χ1n) is 10.4. The van der Waals surface area contributed by atoms with Crippen LogP contribution in [0.4, 0.5) is 11.8 Å². The molecule has 0 saturated carbocycles. The van der Waals surface area contributed by atoms with Crippen LogP contribution in [0.3, 0.4) is 0 Å². The van der Waals surface area contributed by atoms with Gasteiger partial charge in [0, 0.05) is 19.0 Å². The van der Waals surface area contributed by atoms with Crippen LogP contribution < -0.4 is 30.0 Å². The highest BCUT2D eigenvalue weighted by atomic mass is 16.5. The predicted molar refractivity (Wildman–Crippen MR) is 117 cm³/mol. The zero-order chi connectivity index (χ0) is 22.8. The van der Waals surface area contributed by atoms with E-state index < -0.39 is 23.3 Å². The minimum atomic E-state index is -1.13. The molecule has 2 aromatic rings. The van der Waals surface area contributed by atoms with Crippen LogP contribution in [-0.2, 0) is 4.79 Å². The standard InChI is InChI=1S/C22H25N5O5/c1-30-14-9-12(10-15(31-2)18(14)32-3)16-13(11-23)20(28)24-19-17(16)21(29)26-22(25-19)27-7-5-4-6-8-27/h9-10,13,16H,4-8H2,1-3H3,(H2,24,25,26,28,29)/t13-,16-/m1/s1. The molecule has 1 saturated heterocycles. The number of piperidine rings is 1. The first-order valence-corrected chi connectivity index (χ1v) is 10.4. The highest BCUT2D eigenvalue weighted by molar-refractivity contribution is 5.98. The average molecular weight is 439 g/mol. The van der Waals surface area contributed by atoms with E-state index in [-0.39, 0.29) is 11.4 Å². The summed E-state index contributed by atoms with van der Waals surface area (Å²) in [5.41, 5.74) is 0.348. The lowest BCUT2D eigenvalue weighted by Gasteiger charge is -2.31. The molecule has 2 aliphatic heterocycles. The summed E-state index contributed by atoms with van der Waals surface area (Å²) in [5.74, 6) is -0.807. The Morgan fingerprint density at radius 2 is 1.72 bits per heavy atom. The van der Waals surface area contributed by atoms with Crippen molar-refractivity contribution in [3.8, 4) is 23.3 Å². The van der Waals surface area contributed by atoms with Crippen molar-refractivity contribution in [2.75, 3.05) is 44.6 Å². The van der Waals surface area contributed by atoms with Crippen molar-refractivity contribution >= 4 is 17.7 Å². The molecule has 10 heteroatoms. The number of ether oxygens (including phenoxy) is 3. The third-order valence-corrected chi connectivity index (χ3v) is 5.95. The fraction of sp³-hybridized carbons (Fsp3) is 0.455. The van der Waals surface area contributed by atoms with E-state index >= 15 is 0 Å². The van der Waals surface area contributed by atoms with Crippen LogP contribution in [0, 0.1) is 17.2 Å². The molecule has 168 valence electrons. The fourth-order valence-corrected chi connectivity index (χ4v) is 4.40. The van der Waals surface area contributed by atoms with Crippen molar-refractivity contribution in [3.05, 3.63) is 33.6 Å². The van der Waals surface area contributed by atoms with Gasteiger partial charge in [0.2, 0.25) is 17.6 Å². The number of nitriles is 1. The van der Waals surface area contributed by atoms with Crippen molar-refractivity contribution in [2.24, 2.45) is 5.92 Å². The van der Waals surface area contributed by atoms with E-state index in [2.05, 4.69) is 15.3 Å². The molecule has 32 heavy (non-hydrogen) atoms. The number of aromatic nitrogens is 2. The third-order valence-electron chi connectivity index (χ3n) is 5.95. The second kappa shape index (κ2) is 8.78. The molecule has 0 aliphatic carbocycles. The molecule has 2 N–H and O–H groups in total. The van der Waals surface area contributed by atoms with Crippen molar-refractivity contribution in [3.63, 3.8) is 0 Å². The first-order chi connectivity index (χ1) is 15.5. The summed E-state index contributed by atoms with van der Waals surface area (Å²) in [6.07, 6.45) is 3.16. The Hall–Kier alpha value is -3.74. The van der Waals surface area contributed by atoms with Crippen molar-refractivity contribution in [1.82, 2.24) is 9.97 Å². The number of carbonyl (C=O) groups excluding carboxylic acids is 1. The van der Waals surface area contributed by atoms with E-state index in [4.69, 9.17) is 14.2 Å². The number of rotatable bonds is 5. The first kappa shape index (κ1) is 21.5. The predicted octanol–water partition coefficient (Wildman–Crippen LogP) is 2.01. The lowest BCUT2D eigenvalue weighted by atomic mass is 9.79. The van der Waals surface area contributed by atoms with E-state index in [9.17, 15) is 14.9 Å². The summed E-state index contributed by atoms with van der Waals surface area (Å²) in [6, 6.07) is 5.34. The average Bonchev–Trinajstić information content (AvgIpc) is 2.82. The van der Waals surface area contributed by atoms with Crippen LogP contribution in [0.25, 0.3) is 0 Å². The largest absolute Gasteiger partial charge is 0.493 e. The molecule has 0 spiro atoms. The smallest absolute Gasteiger partial charge is 0.258 e. The lowest BCUT2D eigenvalue weighted by molar-refractivity contribution is -0.119. The number of hydrogen-bond acceptors (Lipinski definition) is 8. The number of nitrogens with one attached hydrogen (secondary N) is 2. The van der Waals surface area contributed by atoms with Crippen LogP contribution in [-0.4, -0.2) is 50.3 Å². The number of amides is 1. The van der Waals surface area contributed by atoms with Crippen LogP contribution in [0.5, 0.6) is 17.2 Å². The van der Waals surface area contributed by atoms with Gasteiger partial charge in [0.1, 0.15) is 11.7 Å². The Labute approximate surface area is 185 Å². The Kier molecular flexibility index (Phi) is 5.90. The van der Waals surface area contributed by atoms with Crippen molar-refractivity contribution < 1.29 is 19.0 Å². The Morgan fingerprint density at radius 3 is 2.28 bits per heavy atom. The molecule has 3 heterocycles. The van der Waals surface area contributed by atoms with E-state index in [1.807, 2.05) is 11.0 Å². The number of methoxy groups -OCH3 is 3. The van der Waals surface area contributed by atoms with Gasteiger partial charge in [-0.3, -0.25) is 14.6 Å². The summed E-state index contributed by atoms with van der Waals surface area (Å²) in [5, 5.41) is 12.4. The third kappa shape index (κ3) is 3.60. The number of hydrogen-bond donors (Lipinski definition) is 2.